The third-order valence-electron chi connectivity index (χ3n) is 4.14. The first kappa shape index (κ1) is 15.7. The van der Waals surface area contributed by atoms with Crippen LogP contribution >= 0.6 is 15.9 Å². The average Bonchev–Trinajstić information content (AvgIpc) is 2.74. The highest BCUT2D eigenvalue weighted by Crippen LogP contribution is 2.31. The van der Waals surface area contributed by atoms with Crippen LogP contribution in [0, 0.1) is 6.92 Å². The number of imide groups is 1. The molecule has 1 atom stereocenters. The van der Waals surface area contributed by atoms with E-state index < -0.39 is 5.54 Å². The number of nitrogens with one attached hydrogen (secondary N) is 1. The summed E-state index contributed by atoms with van der Waals surface area (Å²) in [5, 5.41) is 2.82. The molecule has 3 amide bonds. The normalized spacial score (nSPS) is 20.7. The largest absolute Gasteiger partial charge is 0.325 e. The SMILES string of the molecule is Cc1ccc(CN2C(=O)NC(C)(c3cccc(Br)c3)C2=O)cc1. The van der Waals surface area contributed by atoms with Gasteiger partial charge in [-0.1, -0.05) is 57.9 Å². The quantitative estimate of drug-likeness (QED) is 0.834. The van der Waals surface area contributed by atoms with E-state index in [0.29, 0.717) is 0 Å². The third kappa shape index (κ3) is 2.88. The highest BCUT2D eigenvalue weighted by atomic mass is 79.9. The van der Waals surface area contributed by atoms with Crippen LogP contribution in [0.15, 0.2) is 53.0 Å². The lowest BCUT2D eigenvalue weighted by molar-refractivity contribution is -0.131. The second-order valence-corrected chi connectivity index (χ2v) is 6.86. The molecule has 0 aliphatic carbocycles. The zero-order valence-electron chi connectivity index (χ0n) is 13.0. The number of urea groups is 1. The Hall–Kier alpha value is -2.14. The number of carbonyl (C=O) groups is 2. The smallest absolute Gasteiger partial charge is 0.319 e. The van der Waals surface area contributed by atoms with Gasteiger partial charge in [-0.25, -0.2) is 4.79 Å². The maximum absolute atomic E-state index is 12.8. The van der Waals surface area contributed by atoms with E-state index in [1.807, 2.05) is 55.5 Å². The molecule has 1 fully saturated rings. The Morgan fingerprint density at radius 1 is 1.13 bits per heavy atom. The van der Waals surface area contributed by atoms with Crippen molar-refractivity contribution in [2.75, 3.05) is 0 Å². The van der Waals surface area contributed by atoms with E-state index >= 15 is 0 Å². The first-order chi connectivity index (χ1) is 10.9. The molecule has 1 unspecified atom stereocenters. The number of hydrogen-bond donors (Lipinski definition) is 1. The van der Waals surface area contributed by atoms with Gasteiger partial charge in [0.15, 0.2) is 0 Å². The second-order valence-electron chi connectivity index (χ2n) is 5.94. The fourth-order valence-corrected chi connectivity index (χ4v) is 3.11. The Morgan fingerprint density at radius 3 is 2.48 bits per heavy atom. The van der Waals surface area contributed by atoms with Gasteiger partial charge >= 0.3 is 6.03 Å². The van der Waals surface area contributed by atoms with Crippen LogP contribution in [0.1, 0.15) is 23.6 Å². The van der Waals surface area contributed by atoms with Gasteiger partial charge < -0.3 is 5.32 Å². The lowest BCUT2D eigenvalue weighted by atomic mass is 9.92. The third-order valence-corrected chi connectivity index (χ3v) is 4.63. The van der Waals surface area contributed by atoms with Crippen LogP contribution in [0.25, 0.3) is 0 Å². The first-order valence-electron chi connectivity index (χ1n) is 7.36. The van der Waals surface area contributed by atoms with Gasteiger partial charge in [0.25, 0.3) is 5.91 Å². The molecule has 5 heteroatoms. The lowest BCUT2D eigenvalue weighted by Crippen LogP contribution is -2.40. The molecule has 23 heavy (non-hydrogen) atoms. The zero-order chi connectivity index (χ0) is 16.6. The molecule has 0 saturated carbocycles. The molecule has 1 aliphatic heterocycles. The van der Waals surface area contributed by atoms with Crippen LogP contribution in [0.5, 0.6) is 0 Å². The summed E-state index contributed by atoms with van der Waals surface area (Å²) in [5.41, 5.74) is 1.80. The van der Waals surface area contributed by atoms with Gasteiger partial charge in [0.05, 0.1) is 6.54 Å². The molecule has 1 aliphatic rings. The van der Waals surface area contributed by atoms with E-state index in [0.717, 1.165) is 21.2 Å². The number of carbonyl (C=O) groups excluding carboxylic acids is 2. The molecule has 0 spiro atoms. The van der Waals surface area contributed by atoms with Crippen LogP contribution in [-0.2, 0) is 16.9 Å². The predicted molar refractivity (Wildman–Crippen MR) is 91.8 cm³/mol. The summed E-state index contributed by atoms with van der Waals surface area (Å²) in [4.78, 5) is 26.4. The van der Waals surface area contributed by atoms with Crippen molar-refractivity contribution in [1.82, 2.24) is 10.2 Å². The molecule has 0 radical (unpaired) electrons. The van der Waals surface area contributed by atoms with Crippen molar-refractivity contribution >= 4 is 27.9 Å². The summed E-state index contributed by atoms with van der Waals surface area (Å²) in [6, 6.07) is 14.9. The Bertz CT molecular complexity index is 773. The van der Waals surface area contributed by atoms with E-state index in [2.05, 4.69) is 21.2 Å². The predicted octanol–water partition coefficient (Wildman–Crippen LogP) is 3.72. The Kier molecular flexibility index (Phi) is 3.98. The van der Waals surface area contributed by atoms with Crippen molar-refractivity contribution in [3.63, 3.8) is 0 Å². The molecule has 3 rings (SSSR count). The van der Waals surface area contributed by atoms with E-state index in [4.69, 9.17) is 0 Å². The van der Waals surface area contributed by atoms with Gasteiger partial charge in [0.2, 0.25) is 0 Å². The number of rotatable bonds is 3. The number of benzene rings is 2. The van der Waals surface area contributed by atoms with E-state index in [-0.39, 0.29) is 18.5 Å². The van der Waals surface area contributed by atoms with Gasteiger partial charge in [-0.15, -0.1) is 0 Å². The summed E-state index contributed by atoms with van der Waals surface area (Å²) in [6.07, 6.45) is 0. The average molecular weight is 373 g/mol. The summed E-state index contributed by atoms with van der Waals surface area (Å²) >= 11 is 3.41. The van der Waals surface area contributed by atoms with Crippen molar-refractivity contribution in [1.29, 1.82) is 0 Å². The molecule has 118 valence electrons. The summed E-state index contributed by atoms with van der Waals surface area (Å²) in [7, 11) is 0. The number of halogens is 1. The first-order valence-corrected chi connectivity index (χ1v) is 8.15. The van der Waals surface area contributed by atoms with Crippen LogP contribution in [0.3, 0.4) is 0 Å². The minimum Gasteiger partial charge on any atom is -0.319 e. The van der Waals surface area contributed by atoms with E-state index in [1.165, 1.54) is 4.90 Å². The number of nitrogens with zero attached hydrogens (tertiary/aromatic N) is 1. The van der Waals surface area contributed by atoms with Crippen LogP contribution < -0.4 is 5.32 Å². The molecule has 2 aromatic carbocycles. The van der Waals surface area contributed by atoms with Gasteiger partial charge in [-0.3, -0.25) is 9.69 Å². The lowest BCUT2D eigenvalue weighted by Gasteiger charge is -2.22. The minimum atomic E-state index is -1.04. The van der Waals surface area contributed by atoms with Crippen LogP contribution in [0.2, 0.25) is 0 Å². The topological polar surface area (TPSA) is 49.4 Å². The molecular formula is C18H17BrN2O2. The van der Waals surface area contributed by atoms with Crippen molar-refractivity contribution < 1.29 is 9.59 Å². The molecule has 4 nitrogen and oxygen atoms in total. The summed E-state index contributed by atoms with van der Waals surface area (Å²) < 4.78 is 0.871. The van der Waals surface area contributed by atoms with Gasteiger partial charge in [0.1, 0.15) is 5.54 Å². The molecule has 1 N–H and O–H groups in total. The Morgan fingerprint density at radius 2 is 1.83 bits per heavy atom. The highest BCUT2D eigenvalue weighted by Gasteiger charge is 2.48. The molecule has 1 saturated heterocycles. The van der Waals surface area contributed by atoms with Gasteiger partial charge in [-0.05, 0) is 37.1 Å². The van der Waals surface area contributed by atoms with Crippen LogP contribution in [-0.4, -0.2) is 16.8 Å². The second kappa shape index (κ2) is 5.81. The highest BCUT2D eigenvalue weighted by molar-refractivity contribution is 9.10. The number of amides is 3. The number of hydrogen-bond acceptors (Lipinski definition) is 2. The van der Waals surface area contributed by atoms with Gasteiger partial charge in [-0.2, -0.15) is 0 Å². The van der Waals surface area contributed by atoms with E-state index in [1.54, 1.807) is 6.92 Å². The summed E-state index contributed by atoms with van der Waals surface area (Å²) in [5.74, 6) is -0.235. The monoisotopic (exact) mass is 372 g/mol. The van der Waals surface area contributed by atoms with Crippen molar-refractivity contribution in [2.24, 2.45) is 0 Å². The molecule has 2 aromatic rings. The molecule has 0 bridgehead atoms. The fraction of sp³-hybridized carbons (Fsp3) is 0.222. The molecule has 0 aromatic heterocycles. The molecule has 1 heterocycles. The molecular weight excluding hydrogens is 356 g/mol. The fourth-order valence-electron chi connectivity index (χ4n) is 2.71. The van der Waals surface area contributed by atoms with Crippen molar-refractivity contribution in [3.8, 4) is 0 Å². The maximum Gasteiger partial charge on any atom is 0.325 e. The van der Waals surface area contributed by atoms with Gasteiger partial charge in [0, 0.05) is 4.47 Å². The van der Waals surface area contributed by atoms with Crippen molar-refractivity contribution in [2.45, 2.75) is 25.9 Å². The van der Waals surface area contributed by atoms with Crippen LogP contribution in [0.4, 0.5) is 4.79 Å². The maximum atomic E-state index is 12.8. The van der Waals surface area contributed by atoms with Crippen molar-refractivity contribution in [3.05, 3.63) is 69.7 Å². The standard InChI is InChI=1S/C18H17BrN2O2/c1-12-6-8-13(9-7-12)11-21-16(22)18(2,20-17(21)23)14-4-3-5-15(19)10-14/h3-10H,11H2,1-2H3,(H,20,23). The number of aryl methyl sites for hydroxylation is 1. The Balaban J connectivity index is 1.89. The Labute approximate surface area is 143 Å². The summed E-state index contributed by atoms with van der Waals surface area (Å²) in [6.45, 7) is 4.01. The minimum absolute atomic E-state index is 0.235. The van der Waals surface area contributed by atoms with E-state index in [9.17, 15) is 9.59 Å². The zero-order valence-corrected chi connectivity index (χ0v) is 14.6.